The molecular formula is C14H16N4O. The summed E-state index contributed by atoms with van der Waals surface area (Å²) in [6, 6.07) is 5.50. The lowest BCUT2D eigenvalue weighted by atomic mass is 9.94. The van der Waals surface area contributed by atoms with Gasteiger partial charge >= 0.3 is 0 Å². The molecule has 0 radical (unpaired) electrons. The number of nitrogens with one attached hydrogen (secondary N) is 1. The normalized spacial score (nSPS) is 11.1. The van der Waals surface area contributed by atoms with Crippen LogP contribution in [0.4, 0.5) is 5.82 Å². The third-order valence-corrected chi connectivity index (χ3v) is 2.61. The first-order valence-electron chi connectivity index (χ1n) is 6.04. The SMILES string of the molecule is CC(C)(C)c1cnc(CNc2ccc(C#N)cn2)o1. The zero-order valence-electron chi connectivity index (χ0n) is 11.3. The molecule has 0 unspecified atom stereocenters. The Hall–Kier alpha value is -2.35. The molecule has 0 atom stereocenters. The highest BCUT2D eigenvalue weighted by Crippen LogP contribution is 2.22. The molecule has 0 aliphatic rings. The first-order valence-corrected chi connectivity index (χ1v) is 6.04. The van der Waals surface area contributed by atoms with E-state index >= 15 is 0 Å². The number of rotatable bonds is 3. The van der Waals surface area contributed by atoms with Gasteiger partial charge in [-0.3, -0.25) is 0 Å². The summed E-state index contributed by atoms with van der Waals surface area (Å²) in [5, 5.41) is 11.8. The molecule has 0 spiro atoms. The van der Waals surface area contributed by atoms with E-state index in [1.54, 1.807) is 18.3 Å². The molecule has 0 amide bonds. The zero-order valence-corrected chi connectivity index (χ0v) is 11.3. The fraction of sp³-hybridized carbons (Fsp3) is 0.357. The van der Waals surface area contributed by atoms with Crippen LogP contribution in [0.1, 0.15) is 38.0 Å². The van der Waals surface area contributed by atoms with Crippen molar-refractivity contribution in [3.63, 3.8) is 0 Å². The van der Waals surface area contributed by atoms with Crippen LogP contribution in [0.2, 0.25) is 0 Å². The van der Waals surface area contributed by atoms with Crippen molar-refractivity contribution in [1.29, 1.82) is 5.26 Å². The summed E-state index contributed by atoms with van der Waals surface area (Å²) in [6.45, 7) is 6.70. The Morgan fingerprint density at radius 1 is 1.26 bits per heavy atom. The molecule has 2 rings (SSSR count). The molecule has 0 aliphatic heterocycles. The molecule has 2 heterocycles. The van der Waals surface area contributed by atoms with Crippen LogP contribution in [0.5, 0.6) is 0 Å². The molecule has 5 heteroatoms. The van der Waals surface area contributed by atoms with Crippen molar-refractivity contribution in [2.24, 2.45) is 0 Å². The van der Waals surface area contributed by atoms with Gasteiger partial charge in [0.05, 0.1) is 18.3 Å². The number of pyridine rings is 1. The Morgan fingerprint density at radius 2 is 2.05 bits per heavy atom. The number of nitrogens with zero attached hydrogens (tertiary/aromatic N) is 3. The lowest BCUT2D eigenvalue weighted by Gasteiger charge is -2.13. The second-order valence-corrected chi connectivity index (χ2v) is 5.27. The highest BCUT2D eigenvalue weighted by atomic mass is 16.4. The fourth-order valence-corrected chi connectivity index (χ4v) is 1.47. The molecule has 0 aromatic carbocycles. The molecule has 0 bridgehead atoms. The largest absolute Gasteiger partial charge is 0.443 e. The molecule has 1 N–H and O–H groups in total. The van der Waals surface area contributed by atoms with Crippen LogP contribution in [0.25, 0.3) is 0 Å². The number of hydrogen-bond acceptors (Lipinski definition) is 5. The second-order valence-electron chi connectivity index (χ2n) is 5.27. The molecule has 0 aliphatic carbocycles. The molecule has 2 aromatic rings. The summed E-state index contributed by atoms with van der Waals surface area (Å²) < 4.78 is 5.66. The minimum Gasteiger partial charge on any atom is -0.443 e. The molecule has 0 fully saturated rings. The lowest BCUT2D eigenvalue weighted by Crippen LogP contribution is -2.09. The maximum Gasteiger partial charge on any atom is 0.213 e. The first-order chi connectivity index (χ1) is 8.99. The van der Waals surface area contributed by atoms with E-state index in [1.165, 1.54) is 6.20 Å². The minimum atomic E-state index is -0.0437. The van der Waals surface area contributed by atoms with Gasteiger partial charge in [-0.05, 0) is 12.1 Å². The third-order valence-electron chi connectivity index (χ3n) is 2.61. The smallest absolute Gasteiger partial charge is 0.213 e. The highest BCUT2D eigenvalue weighted by molar-refractivity contribution is 5.38. The summed E-state index contributed by atoms with van der Waals surface area (Å²) in [7, 11) is 0. The predicted molar refractivity (Wildman–Crippen MR) is 71.5 cm³/mol. The van der Waals surface area contributed by atoms with E-state index in [-0.39, 0.29) is 5.41 Å². The van der Waals surface area contributed by atoms with Crippen molar-refractivity contribution in [3.05, 3.63) is 41.7 Å². The number of hydrogen-bond donors (Lipinski definition) is 1. The van der Waals surface area contributed by atoms with E-state index in [2.05, 4.69) is 36.1 Å². The van der Waals surface area contributed by atoms with Crippen molar-refractivity contribution in [3.8, 4) is 6.07 Å². The second kappa shape index (κ2) is 5.11. The van der Waals surface area contributed by atoms with Crippen LogP contribution >= 0.6 is 0 Å². The Balaban J connectivity index is 1.99. The van der Waals surface area contributed by atoms with Gasteiger partial charge < -0.3 is 9.73 Å². The quantitative estimate of drug-likeness (QED) is 0.913. The number of anilines is 1. The monoisotopic (exact) mass is 256 g/mol. The summed E-state index contributed by atoms with van der Waals surface area (Å²) in [5.41, 5.74) is 0.495. The Labute approximate surface area is 112 Å². The van der Waals surface area contributed by atoms with E-state index in [0.717, 1.165) is 5.76 Å². The van der Waals surface area contributed by atoms with Gasteiger partial charge in [-0.15, -0.1) is 0 Å². The van der Waals surface area contributed by atoms with Crippen molar-refractivity contribution in [1.82, 2.24) is 9.97 Å². The number of aromatic nitrogens is 2. The zero-order chi connectivity index (χ0) is 13.9. The summed E-state index contributed by atoms with van der Waals surface area (Å²) >= 11 is 0. The third kappa shape index (κ3) is 3.32. The van der Waals surface area contributed by atoms with Gasteiger partial charge in [0.25, 0.3) is 0 Å². The standard InChI is InChI=1S/C14H16N4O/c1-14(2,3)11-8-18-13(19-11)9-17-12-5-4-10(6-15)7-16-12/h4-5,7-8H,9H2,1-3H3,(H,16,17). The maximum atomic E-state index is 8.68. The van der Waals surface area contributed by atoms with Gasteiger partial charge in [0.15, 0.2) is 0 Å². The predicted octanol–water partition coefficient (Wildman–Crippen LogP) is 2.85. The Bertz CT molecular complexity index is 587. The van der Waals surface area contributed by atoms with Crippen molar-refractivity contribution >= 4 is 5.82 Å². The Morgan fingerprint density at radius 3 is 2.58 bits per heavy atom. The summed E-state index contributed by atoms with van der Waals surface area (Å²) in [6.07, 6.45) is 3.28. The fourth-order valence-electron chi connectivity index (χ4n) is 1.47. The molecule has 98 valence electrons. The number of nitriles is 1. The highest BCUT2D eigenvalue weighted by Gasteiger charge is 2.18. The van der Waals surface area contributed by atoms with Crippen molar-refractivity contribution in [2.45, 2.75) is 32.7 Å². The van der Waals surface area contributed by atoms with Crippen LogP contribution in [-0.2, 0) is 12.0 Å². The van der Waals surface area contributed by atoms with Crippen LogP contribution in [0.15, 0.2) is 28.9 Å². The van der Waals surface area contributed by atoms with E-state index in [9.17, 15) is 0 Å². The van der Waals surface area contributed by atoms with Gasteiger partial charge in [0.2, 0.25) is 5.89 Å². The maximum absolute atomic E-state index is 8.68. The Kier molecular flexibility index (Phi) is 3.52. The summed E-state index contributed by atoms with van der Waals surface area (Å²) in [4.78, 5) is 8.34. The van der Waals surface area contributed by atoms with Gasteiger partial charge in [-0.1, -0.05) is 20.8 Å². The van der Waals surface area contributed by atoms with E-state index in [0.29, 0.717) is 23.8 Å². The van der Waals surface area contributed by atoms with E-state index in [1.807, 2.05) is 6.07 Å². The van der Waals surface area contributed by atoms with Crippen LogP contribution < -0.4 is 5.32 Å². The minimum absolute atomic E-state index is 0.0437. The van der Waals surface area contributed by atoms with Crippen molar-refractivity contribution < 1.29 is 4.42 Å². The van der Waals surface area contributed by atoms with Gasteiger partial charge in [0, 0.05) is 11.6 Å². The molecule has 2 aromatic heterocycles. The summed E-state index contributed by atoms with van der Waals surface area (Å²) in [5.74, 6) is 2.17. The van der Waals surface area contributed by atoms with Gasteiger partial charge in [0.1, 0.15) is 17.6 Å². The van der Waals surface area contributed by atoms with E-state index < -0.39 is 0 Å². The average molecular weight is 256 g/mol. The van der Waals surface area contributed by atoms with Crippen LogP contribution in [0, 0.1) is 11.3 Å². The van der Waals surface area contributed by atoms with Crippen molar-refractivity contribution in [2.75, 3.05) is 5.32 Å². The molecule has 5 nitrogen and oxygen atoms in total. The molecule has 0 saturated heterocycles. The van der Waals surface area contributed by atoms with Gasteiger partial charge in [-0.25, -0.2) is 9.97 Å². The number of oxazole rings is 1. The lowest BCUT2D eigenvalue weighted by molar-refractivity contribution is 0.385. The van der Waals surface area contributed by atoms with Crippen LogP contribution in [-0.4, -0.2) is 9.97 Å². The van der Waals surface area contributed by atoms with Gasteiger partial charge in [-0.2, -0.15) is 5.26 Å². The average Bonchev–Trinajstić information content (AvgIpc) is 2.86. The molecule has 0 saturated carbocycles. The topological polar surface area (TPSA) is 74.7 Å². The molecular weight excluding hydrogens is 240 g/mol. The first kappa shape index (κ1) is 13.1. The molecule has 19 heavy (non-hydrogen) atoms. The van der Waals surface area contributed by atoms with Crippen LogP contribution in [0.3, 0.4) is 0 Å². The van der Waals surface area contributed by atoms with E-state index in [4.69, 9.17) is 9.68 Å².